The summed E-state index contributed by atoms with van der Waals surface area (Å²) in [6.45, 7) is 22.1. The number of rotatable bonds is 8. The highest BCUT2D eigenvalue weighted by molar-refractivity contribution is 6.26. The summed E-state index contributed by atoms with van der Waals surface area (Å²) in [5.41, 5.74) is -0.514. The van der Waals surface area contributed by atoms with Gasteiger partial charge >= 0.3 is 11.8 Å². The van der Waals surface area contributed by atoms with E-state index in [4.69, 9.17) is 33.1 Å². The van der Waals surface area contributed by atoms with E-state index in [0.717, 1.165) is 0 Å². The molecule has 0 saturated heterocycles. The molecule has 0 aliphatic carbocycles. The molecule has 3 aromatic carbocycles. The van der Waals surface area contributed by atoms with Crippen molar-refractivity contribution < 1.29 is 57.8 Å². The largest absolute Gasteiger partial charge is 0.505 e. The highest BCUT2D eigenvalue weighted by Crippen LogP contribution is 2.48. The number of Topliss-reactive ketones (excluding diaryl/α,β-unsaturated/α-hetero) is 1. The number of fused-ring (bicyclic) bond motifs is 2. The molecule has 67 heavy (non-hydrogen) atoms. The van der Waals surface area contributed by atoms with E-state index in [1.165, 1.54) is 53.2 Å². The van der Waals surface area contributed by atoms with E-state index in [-0.39, 0.29) is 55.6 Å². The number of aromatic hydroxyl groups is 1. The summed E-state index contributed by atoms with van der Waals surface area (Å²) < 4.78 is 36.6. The molecule has 6 rings (SSSR count). The zero-order valence-corrected chi connectivity index (χ0v) is 40.6. The molecule has 3 heterocycles. The molecule has 0 fully saturated rings. The lowest BCUT2D eigenvalue weighted by Gasteiger charge is -2.38. The van der Waals surface area contributed by atoms with E-state index in [9.17, 15) is 34.5 Å². The topological polar surface area (TPSA) is 216 Å². The summed E-state index contributed by atoms with van der Waals surface area (Å²) in [5.74, 6) is -6.80. The molecule has 16 heteroatoms. The summed E-state index contributed by atoms with van der Waals surface area (Å²) in [5, 5.41) is 37.5. The fraction of sp³-hybridized carbons (Fsp3) is 0.510. The number of aliphatic hydroxyl groups is 2. The first kappa shape index (κ1) is 50.6. The van der Waals surface area contributed by atoms with Crippen molar-refractivity contribution in [1.29, 1.82) is 0 Å². The van der Waals surface area contributed by atoms with Gasteiger partial charge in [-0.1, -0.05) is 45.9 Å². The number of aromatic nitrogens is 1. The maximum absolute atomic E-state index is 14.8. The number of anilines is 1. The highest BCUT2D eigenvalue weighted by Gasteiger charge is 2.49. The van der Waals surface area contributed by atoms with Gasteiger partial charge in [-0.2, -0.15) is 0 Å². The molecule has 0 radical (unpaired) electrons. The quantitative estimate of drug-likeness (QED) is 0.0583. The third kappa shape index (κ3) is 9.94. The Balaban J connectivity index is 1.55. The normalized spacial score (nSPS) is 28.2. The van der Waals surface area contributed by atoms with Gasteiger partial charge in [-0.05, 0) is 59.8 Å². The Hall–Kier alpha value is -5.81. The van der Waals surface area contributed by atoms with Crippen LogP contribution in [0.15, 0.2) is 63.6 Å². The molecule has 2 aliphatic rings. The average Bonchev–Trinajstić information content (AvgIpc) is 3.54. The van der Waals surface area contributed by atoms with Crippen molar-refractivity contribution in [2.45, 2.75) is 125 Å². The number of benzene rings is 3. The number of carbonyl (C=O) groups is 3. The minimum Gasteiger partial charge on any atom is -0.505 e. The third-order valence-corrected chi connectivity index (χ3v) is 13.2. The fourth-order valence-corrected chi connectivity index (χ4v) is 9.26. The summed E-state index contributed by atoms with van der Waals surface area (Å²) in [7, 11) is 1.45. The van der Waals surface area contributed by atoms with Crippen molar-refractivity contribution in [3.05, 3.63) is 75.7 Å². The van der Waals surface area contributed by atoms with E-state index >= 15 is 0 Å². The van der Waals surface area contributed by atoms with Gasteiger partial charge in [-0.25, -0.2) is 4.98 Å². The molecule has 0 saturated carbocycles. The number of methoxy groups -OCH3 is 1. The van der Waals surface area contributed by atoms with Gasteiger partial charge in [0, 0.05) is 85.8 Å². The molecule has 362 valence electrons. The predicted molar refractivity (Wildman–Crippen MR) is 254 cm³/mol. The van der Waals surface area contributed by atoms with Crippen LogP contribution in [0, 0.1) is 30.6 Å². The number of phenolic OH excluding ortho intramolecular Hbond substituents is 1. The number of aliphatic hydroxyl groups excluding tert-OH is 2. The van der Waals surface area contributed by atoms with E-state index in [2.05, 4.69) is 37.9 Å². The van der Waals surface area contributed by atoms with Crippen LogP contribution in [0.4, 0.5) is 5.69 Å². The molecule has 0 spiro atoms. The molecule has 1 amide bonds. The number of allylic oxidation sites excluding steroid dienone is 2. The van der Waals surface area contributed by atoms with E-state index in [1.54, 1.807) is 58.0 Å². The van der Waals surface area contributed by atoms with Crippen molar-refractivity contribution in [2.75, 3.05) is 25.6 Å². The molecule has 16 nitrogen and oxygen atoms in total. The van der Waals surface area contributed by atoms with Gasteiger partial charge in [0.2, 0.25) is 0 Å². The molecule has 2 aliphatic heterocycles. The monoisotopic (exact) mass is 927 g/mol. The highest BCUT2D eigenvalue weighted by atomic mass is 16.7. The van der Waals surface area contributed by atoms with Gasteiger partial charge in [0.25, 0.3) is 11.7 Å². The van der Waals surface area contributed by atoms with E-state index in [0.29, 0.717) is 36.5 Å². The van der Waals surface area contributed by atoms with Crippen LogP contribution in [-0.4, -0.2) is 105 Å². The lowest BCUT2D eigenvalue weighted by Crippen LogP contribution is -2.46. The minimum absolute atomic E-state index is 0.00970. The van der Waals surface area contributed by atoms with Crippen LogP contribution in [0.25, 0.3) is 33.0 Å². The van der Waals surface area contributed by atoms with Crippen molar-refractivity contribution in [3.8, 4) is 17.2 Å². The number of esters is 1. The number of carbonyl (C=O) groups excluding carboxylic acids is 3. The number of amides is 1. The summed E-state index contributed by atoms with van der Waals surface area (Å²) >= 11 is 0. The predicted octanol–water partition coefficient (Wildman–Crippen LogP) is 7.50. The van der Waals surface area contributed by atoms with Gasteiger partial charge in [0.05, 0.1) is 35.5 Å². The fourth-order valence-electron chi connectivity index (χ4n) is 9.26. The summed E-state index contributed by atoms with van der Waals surface area (Å²) in [4.78, 5) is 62.8. The second kappa shape index (κ2) is 20.2. The van der Waals surface area contributed by atoms with Crippen LogP contribution < -0.4 is 20.2 Å². The number of phenols is 1. The van der Waals surface area contributed by atoms with Crippen LogP contribution in [0.1, 0.15) is 92.1 Å². The maximum atomic E-state index is 14.8. The summed E-state index contributed by atoms with van der Waals surface area (Å²) in [6, 6.07) is 5.65. The number of hydrogen-bond acceptors (Lipinski definition) is 15. The zero-order chi connectivity index (χ0) is 49.4. The average molecular weight is 928 g/mol. The zero-order valence-electron chi connectivity index (χ0n) is 40.6. The Morgan fingerprint density at radius 1 is 0.970 bits per heavy atom. The third-order valence-electron chi connectivity index (χ3n) is 13.2. The first-order valence-electron chi connectivity index (χ1n) is 22.8. The minimum atomic E-state index is -2.05. The van der Waals surface area contributed by atoms with Crippen LogP contribution in [0.2, 0.25) is 0 Å². The number of ether oxygens (including phenoxy) is 5. The van der Waals surface area contributed by atoms with Gasteiger partial charge in [0.1, 0.15) is 40.9 Å². The van der Waals surface area contributed by atoms with Crippen molar-refractivity contribution in [1.82, 2.24) is 9.88 Å². The molecule has 9 atom stereocenters. The van der Waals surface area contributed by atoms with Gasteiger partial charge < -0.3 is 48.7 Å². The molecule has 1 aromatic heterocycles. The Morgan fingerprint density at radius 3 is 2.30 bits per heavy atom. The molecular weight excluding hydrogens is 863 g/mol. The second-order valence-corrected chi connectivity index (χ2v) is 18.6. The Kier molecular flexibility index (Phi) is 15.3. The molecule has 4 N–H and O–H groups in total. The second-order valence-electron chi connectivity index (χ2n) is 18.6. The van der Waals surface area contributed by atoms with Crippen molar-refractivity contribution >= 4 is 56.3 Å². The number of nitrogens with zero attached hydrogens (tertiary/aromatic N) is 2. The van der Waals surface area contributed by atoms with Crippen LogP contribution in [-0.2, 0) is 23.8 Å². The van der Waals surface area contributed by atoms with Crippen molar-refractivity contribution in [3.63, 3.8) is 0 Å². The molecule has 0 unspecified atom stereocenters. The van der Waals surface area contributed by atoms with Gasteiger partial charge in [-0.3, -0.25) is 24.1 Å². The number of nitrogens with one attached hydrogen (secondary N) is 1. The molecule has 4 bridgehead atoms. The molecular formula is C51H65N3O13. The van der Waals surface area contributed by atoms with Crippen LogP contribution >= 0.6 is 0 Å². The van der Waals surface area contributed by atoms with E-state index < -0.39 is 82.7 Å². The number of ketones is 1. The van der Waals surface area contributed by atoms with Crippen molar-refractivity contribution in [2.24, 2.45) is 23.7 Å². The lowest BCUT2D eigenvalue weighted by molar-refractivity contribution is -0.160. The maximum Gasteiger partial charge on any atom is 0.312 e. The van der Waals surface area contributed by atoms with Gasteiger partial charge in [0.15, 0.2) is 22.3 Å². The Morgan fingerprint density at radius 2 is 1.66 bits per heavy atom. The first-order chi connectivity index (χ1) is 31.5. The lowest BCUT2D eigenvalue weighted by atomic mass is 9.78. The smallest absolute Gasteiger partial charge is 0.312 e. The Bertz CT molecular complexity index is 2700. The SMILES string of the molecule is CO[C@H]1/C=C/O[C@@]2(C)Oc3c(C)c(=O)c4c(O)c(c5oc6cc(OCCN(C(C)C)C(C)C)ccc6nc5c4c3C2=O)NC(=O)/C(C)=C\C=C\[C@H](C)[C@H](O)[C@@H](C)[C@@H](O)[C@@H](C)[C@H](OC(C)=O)[C@@H]1C. The Labute approximate surface area is 390 Å². The van der Waals surface area contributed by atoms with Gasteiger partial charge in [-0.15, -0.1) is 0 Å². The van der Waals surface area contributed by atoms with E-state index in [1.807, 2.05) is 0 Å². The van der Waals surface area contributed by atoms with Crippen LogP contribution in [0.5, 0.6) is 17.2 Å². The first-order valence-corrected chi connectivity index (χ1v) is 22.8. The number of hydrogen-bond donors (Lipinski definition) is 4. The molecule has 4 aromatic rings. The standard InChI is InChI=1S/C51H65N3O13/c1-24(2)54(25(3)4)20-22-63-33-17-18-34-36(23-33)66-48-40(52-34)37-38-44(58)31(10)47-39(37)49(60)51(12,67-47)64-21-19-35(62-13)28(7)46(65-32(11)55)30(9)43(57)29(8)42(56)26(5)15-14-16-27(6)50(61)53-41(48)45(38)59/h14-19,21,23-26,28-30,35,42-43,46,56-57,59H,20,22H2,1-13H3,(H,53,61)/b15-14+,21-19+,27-16-/t26-,28+,29+,30+,35-,42-,43+,46+,51-/m0/s1. The van der Waals surface area contributed by atoms with Crippen LogP contribution in [0.3, 0.4) is 0 Å². The summed E-state index contributed by atoms with van der Waals surface area (Å²) in [6.07, 6.45) is 3.61.